The minimum absolute atomic E-state index is 0.0752. The molecule has 2 aromatic carbocycles. The van der Waals surface area contributed by atoms with Gasteiger partial charge in [0.15, 0.2) is 0 Å². The number of benzene rings is 2. The predicted octanol–water partition coefficient (Wildman–Crippen LogP) is 2.94. The first kappa shape index (κ1) is 13.4. The first-order valence-electron chi connectivity index (χ1n) is 6.88. The molecule has 1 saturated carbocycles. The molecule has 4 nitrogen and oxygen atoms in total. The van der Waals surface area contributed by atoms with Gasteiger partial charge in [0.05, 0.1) is 5.56 Å². The first-order chi connectivity index (χ1) is 10.1. The van der Waals surface area contributed by atoms with Crippen molar-refractivity contribution in [3.8, 4) is 11.1 Å². The third-order valence-electron chi connectivity index (χ3n) is 3.48. The highest BCUT2D eigenvalue weighted by atomic mass is 16.4. The average molecular weight is 281 g/mol. The van der Waals surface area contributed by atoms with E-state index < -0.39 is 5.97 Å². The largest absolute Gasteiger partial charge is 0.478 e. The van der Waals surface area contributed by atoms with E-state index in [0.717, 1.165) is 24.0 Å². The third-order valence-corrected chi connectivity index (χ3v) is 3.48. The van der Waals surface area contributed by atoms with Crippen molar-refractivity contribution in [2.24, 2.45) is 0 Å². The van der Waals surface area contributed by atoms with E-state index in [1.807, 2.05) is 18.2 Å². The van der Waals surface area contributed by atoms with E-state index in [4.69, 9.17) is 5.11 Å². The zero-order chi connectivity index (χ0) is 14.8. The van der Waals surface area contributed by atoms with Crippen LogP contribution in [0.1, 0.15) is 33.6 Å². The Morgan fingerprint density at radius 1 is 0.952 bits per heavy atom. The van der Waals surface area contributed by atoms with Crippen molar-refractivity contribution in [1.29, 1.82) is 0 Å². The van der Waals surface area contributed by atoms with Crippen molar-refractivity contribution in [3.05, 3.63) is 59.7 Å². The molecule has 2 aromatic rings. The Morgan fingerprint density at radius 2 is 1.52 bits per heavy atom. The van der Waals surface area contributed by atoms with Crippen LogP contribution in [0.5, 0.6) is 0 Å². The fourth-order valence-electron chi connectivity index (χ4n) is 2.17. The lowest BCUT2D eigenvalue weighted by atomic mass is 10.0. The van der Waals surface area contributed by atoms with Crippen LogP contribution < -0.4 is 5.32 Å². The maximum atomic E-state index is 12.0. The second kappa shape index (κ2) is 5.40. The quantitative estimate of drug-likeness (QED) is 0.905. The molecule has 0 saturated heterocycles. The van der Waals surface area contributed by atoms with Gasteiger partial charge in [0.1, 0.15) is 0 Å². The van der Waals surface area contributed by atoms with Gasteiger partial charge in [0.25, 0.3) is 5.91 Å². The Kier molecular flexibility index (Phi) is 3.44. The van der Waals surface area contributed by atoms with Crippen molar-refractivity contribution in [2.45, 2.75) is 18.9 Å². The Labute approximate surface area is 122 Å². The molecule has 0 radical (unpaired) electrons. The molecule has 1 aliphatic rings. The zero-order valence-corrected chi connectivity index (χ0v) is 11.4. The van der Waals surface area contributed by atoms with Crippen LogP contribution in [-0.4, -0.2) is 23.0 Å². The maximum Gasteiger partial charge on any atom is 0.335 e. The summed E-state index contributed by atoms with van der Waals surface area (Å²) in [6.07, 6.45) is 2.10. The van der Waals surface area contributed by atoms with E-state index in [1.54, 1.807) is 30.3 Å². The van der Waals surface area contributed by atoms with Crippen LogP contribution in [0.15, 0.2) is 48.5 Å². The van der Waals surface area contributed by atoms with E-state index in [-0.39, 0.29) is 11.5 Å². The smallest absolute Gasteiger partial charge is 0.335 e. The van der Waals surface area contributed by atoms with Crippen LogP contribution in [0.25, 0.3) is 11.1 Å². The molecule has 0 spiro atoms. The van der Waals surface area contributed by atoms with Gasteiger partial charge in [-0.3, -0.25) is 4.79 Å². The Hall–Kier alpha value is -2.62. The molecule has 0 heterocycles. The number of hydrogen-bond acceptors (Lipinski definition) is 2. The molecule has 21 heavy (non-hydrogen) atoms. The number of carboxylic acid groups (broad SMARTS) is 1. The second-order valence-corrected chi connectivity index (χ2v) is 5.21. The molecular formula is C17H15NO3. The third kappa shape index (κ3) is 3.11. The summed E-state index contributed by atoms with van der Waals surface area (Å²) < 4.78 is 0. The summed E-state index contributed by atoms with van der Waals surface area (Å²) >= 11 is 0. The monoisotopic (exact) mass is 281 g/mol. The number of aromatic carboxylic acids is 1. The summed E-state index contributed by atoms with van der Waals surface area (Å²) in [7, 11) is 0. The lowest BCUT2D eigenvalue weighted by molar-refractivity contribution is 0.0696. The highest BCUT2D eigenvalue weighted by Crippen LogP contribution is 2.23. The van der Waals surface area contributed by atoms with Crippen LogP contribution in [0.2, 0.25) is 0 Å². The summed E-state index contributed by atoms with van der Waals surface area (Å²) in [6.45, 7) is 0. The lowest BCUT2D eigenvalue weighted by Crippen LogP contribution is -2.25. The maximum absolute atomic E-state index is 12.0. The molecule has 1 amide bonds. The van der Waals surface area contributed by atoms with E-state index in [1.165, 1.54) is 0 Å². The molecule has 0 bridgehead atoms. The van der Waals surface area contributed by atoms with Crippen molar-refractivity contribution in [3.63, 3.8) is 0 Å². The molecule has 0 aliphatic heterocycles. The van der Waals surface area contributed by atoms with Gasteiger partial charge in [-0.15, -0.1) is 0 Å². The van der Waals surface area contributed by atoms with Gasteiger partial charge < -0.3 is 10.4 Å². The van der Waals surface area contributed by atoms with Crippen LogP contribution >= 0.6 is 0 Å². The summed E-state index contributed by atoms with van der Waals surface area (Å²) in [5.41, 5.74) is 2.46. The Balaban J connectivity index is 1.89. The minimum Gasteiger partial charge on any atom is -0.478 e. The van der Waals surface area contributed by atoms with Crippen molar-refractivity contribution in [2.75, 3.05) is 0 Å². The standard InChI is InChI=1S/C17H15NO3/c19-16(18-15-7-8-15)13-5-1-3-11(9-13)12-4-2-6-14(10-12)17(20)21/h1-6,9-10,15H,7-8H2,(H,18,19)(H,20,21). The number of nitrogens with one attached hydrogen (secondary N) is 1. The minimum atomic E-state index is -0.959. The molecule has 1 fully saturated rings. The number of hydrogen-bond donors (Lipinski definition) is 2. The lowest BCUT2D eigenvalue weighted by Gasteiger charge is -2.07. The summed E-state index contributed by atoms with van der Waals surface area (Å²) in [5.74, 6) is -1.03. The summed E-state index contributed by atoms with van der Waals surface area (Å²) in [6, 6.07) is 14.3. The van der Waals surface area contributed by atoms with E-state index >= 15 is 0 Å². The van der Waals surface area contributed by atoms with Gasteiger partial charge in [-0.1, -0.05) is 24.3 Å². The Morgan fingerprint density at radius 3 is 2.10 bits per heavy atom. The molecule has 0 atom stereocenters. The number of carbonyl (C=O) groups is 2. The van der Waals surface area contributed by atoms with Gasteiger partial charge in [-0.25, -0.2) is 4.79 Å². The van der Waals surface area contributed by atoms with Crippen LogP contribution in [-0.2, 0) is 0 Å². The normalized spacial score (nSPS) is 13.7. The first-order valence-corrected chi connectivity index (χ1v) is 6.88. The van der Waals surface area contributed by atoms with Crippen molar-refractivity contribution < 1.29 is 14.7 Å². The molecule has 2 N–H and O–H groups in total. The Bertz CT molecular complexity index is 705. The van der Waals surface area contributed by atoms with Crippen molar-refractivity contribution in [1.82, 2.24) is 5.32 Å². The number of carbonyl (C=O) groups excluding carboxylic acids is 1. The number of amides is 1. The molecule has 4 heteroatoms. The van der Waals surface area contributed by atoms with Gasteiger partial charge in [0.2, 0.25) is 0 Å². The molecule has 0 unspecified atom stereocenters. The van der Waals surface area contributed by atoms with Gasteiger partial charge in [0, 0.05) is 11.6 Å². The van der Waals surface area contributed by atoms with Crippen LogP contribution in [0.4, 0.5) is 0 Å². The molecule has 0 aromatic heterocycles. The molecular weight excluding hydrogens is 266 g/mol. The topological polar surface area (TPSA) is 66.4 Å². The second-order valence-electron chi connectivity index (χ2n) is 5.21. The fourth-order valence-corrected chi connectivity index (χ4v) is 2.17. The van der Waals surface area contributed by atoms with Gasteiger partial charge in [-0.05, 0) is 48.2 Å². The van der Waals surface area contributed by atoms with E-state index in [2.05, 4.69) is 5.32 Å². The molecule has 1 aliphatic carbocycles. The van der Waals surface area contributed by atoms with Crippen LogP contribution in [0.3, 0.4) is 0 Å². The fraction of sp³-hybridized carbons (Fsp3) is 0.176. The SMILES string of the molecule is O=C(O)c1cccc(-c2cccc(C(=O)NC3CC3)c2)c1. The molecule has 106 valence electrons. The average Bonchev–Trinajstić information content (AvgIpc) is 3.31. The number of rotatable bonds is 4. The van der Waals surface area contributed by atoms with Gasteiger partial charge in [-0.2, -0.15) is 0 Å². The van der Waals surface area contributed by atoms with E-state index in [0.29, 0.717) is 11.6 Å². The van der Waals surface area contributed by atoms with Crippen LogP contribution in [0, 0.1) is 0 Å². The predicted molar refractivity (Wildman–Crippen MR) is 79.3 cm³/mol. The highest BCUT2D eigenvalue weighted by molar-refractivity contribution is 5.96. The summed E-state index contributed by atoms with van der Waals surface area (Å²) in [4.78, 5) is 23.1. The van der Waals surface area contributed by atoms with Gasteiger partial charge >= 0.3 is 5.97 Å². The molecule has 3 rings (SSSR count). The zero-order valence-electron chi connectivity index (χ0n) is 11.4. The van der Waals surface area contributed by atoms with E-state index in [9.17, 15) is 9.59 Å². The number of carboxylic acids is 1. The van der Waals surface area contributed by atoms with Crippen molar-refractivity contribution >= 4 is 11.9 Å². The summed E-state index contributed by atoms with van der Waals surface area (Å²) in [5, 5.41) is 12.0. The highest BCUT2D eigenvalue weighted by Gasteiger charge is 2.23.